The van der Waals surface area contributed by atoms with Gasteiger partial charge in [-0.1, -0.05) is 13.8 Å². The number of hydrogen-bond acceptors (Lipinski definition) is 2. The first kappa shape index (κ1) is 8.31. The van der Waals surface area contributed by atoms with Crippen molar-refractivity contribution in [3.63, 3.8) is 0 Å². The molecule has 2 N–H and O–H groups in total. The molecule has 0 spiro atoms. The molecule has 0 aliphatic heterocycles. The van der Waals surface area contributed by atoms with E-state index in [-0.39, 0.29) is 5.54 Å². The highest BCUT2D eigenvalue weighted by molar-refractivity contribution is 7.80. The zero-order valence-electron chi connectivity index (χ0n) is 5.65. The van der Waals surface area contributed by atoms with E-state index in [2.05, 4.69) is 26.5 Å². The molecule has 0 rings (SSSR count). The lowest BCUT2D eigenvalue weighted by Crippen LogP contribution is -2.40. The molecule has 0 aromatic heterocycles. The van der Waals surface area contributed by atoms with Gasteiger partial charge in [0, 0.05) is 11.3 Å². The lowest BCUT2D eigenvalue weighted by Gasteiger charge is -2.23. The minimum absolute atomic E-state index is 0.0108. The van der Waals surface area contributed by atoms with E-state index in [0.29, 0.717) is 0 Å². The van der Waals surface area contributed by atoms with Crippen LogP contribution >= 0.6 is 12.6 Å². The zero-order valence-corrected chi connectivity index (χ0v) is 6.54. The van der Waals surface area contributed by atoms with Crippen LogP contribution < -0.4 is 5.73 Å². The van der Waals surface area contributed by atoms with Crippen LogP contribution in [-0.4, -0.2) is 11.3 Å². The number of thiol groups is 1. The Morgan fingerprint density at radius 3 is 1.75 bits per heavy atom. The van der Waals surface area contributed by atoms with Crippen molar-refractivity contribution in [1.29, 1.82) is 0 Å². The van der Waals surface area contributed by atoms with E-state index in [1.165, 1.54) is 0 Å². The molecule has 0 bridgehead atoms. The normalized spacial score (nSPS) is 12.0. The van der Waals surface area contributed by atoms with Crippen molar-refractivity contribution in [3.8, 4) is 0 Å². The number of hydrogen-bond donors (Lipinski definition) is 2. The molecule has 0 heterocycles. The molecule has 0 saturated carbocycles. The van der Waals surface area contributed by atoms with Gasteiger partial charge >= 0.3 is 0 Å². The molecule has 0 aliphatic rings. The van der Waals surface area contributed by atoms with E-state index >= 15 is 0 Å². The second kappa shape index (κ2) is 3.36. The van der Waals surface area contributed by atoms with Gasteiger partial charge in [-0.3, -0.25) is 0 Å². The van der Waals surface area contributed by atoms with E-state index in [1.807, 2.05) is 0 Å². The second-order valence-corrected chi connectivity index (χ2v) is 2.54. The third kappa shape index (κ3) is 2.05. The molecule has 0 fully saturated rings. The zero-order chi connectivity index (χ0) is 6.62. The average Bonchev–Trinajstić information content (AvgIpc) is 1.87. The second-order valence-electron chi connectivity index (χ2n) is 2.23. The summed E-state index contributed by atoms with van der Waals surface area (Å²) in [5.74, 6) is 0.792. The van der Waals surface area contributed by atoms with Crippen molar-refractivity contribution in [3.05, 3.63) is 0 Å². The molecule has 0 amide bonds. The molecule has 2 heteroatoms. The third-order valence-electron chi connectivity index (χ3n) is 1.72. The fourth-order valence-electron chi connectivity index (χ4n) is 0.474. The van der Waals surface area contributed by atoms with E-state index < -0.39 is 0 Å². The Balaban J connectivity index is 3.58. The molecule has 0 atom stereocenters. The van der Waals surface area contributed by atoms with Crippen molar-refractivity contribution in [1.82, 2.24) is 0 Å². The first-order valence-electron chi connectivity index (χ1n) is 3.08. The fraction of sp³-hybridized carbons (Fsp3) is 1.00. The van der Waals surface area contributed by atoms with Crippen LogP contribution in [0.15, 0.2) is 0 Å². The molecule has 0 radical (unpaired) electrons. The maximum atomic E-state index is 5.82. The van der Waals surface area contributed by atoms with E-state index in [9.17, 15) is 0 Å². The molecule has 0 unspecified atom stereocenters. The minimum atomic E-state index is -0.0108. The van der Waals surface area contributed by atoms with Crippen molar-refractivity contribution >= 4 is 12.6 Å². The van der Waals surface area contributed by atoms with Gasteiger partial charge in [0.05, 0.1) is 0 Å². The molecule has 0 aliphatic carbocycles. The van der Waals surface area contributed by atoms with Crippen molar-refractivity contribution in [2.24, 2.45) is 5.73 Å². The van der Waals surface area contributed by atoms with Crippen LogP contribution in [0.4, 0.5) is 0 Å². The Kier molecular flexibility index (Phi) is 3.49. The maximum absolute atomic E-state index is 5.82. The predicted molar refractivity (Wildman–Crippen MR) is 41.4 cm³/mol. The van der Waals surface area contributed by atoms with Gasteiger partial charge in [0.2, 0.25) is 0 Å². The number of rotatable bonds is 3. The first-order chi connectivity index (χ1) is 3.68. The standard InChI is InChI=1S/C6H15NS/c1-3-6(7,4-2)5-8/h8H,3-5,7H2,1-2H3. The monoisotopic (exact) mass is 133 g/mol. The van der Waals surface area contributed by atoms with Gasteiger partial charge in [0.25, 0.3) is 0 Å². The van der Waals surface area contributed by atoms with Gasteiger partial charge in [0.15, 0.2) is 0 Å². The SMILES string of the molecule is CCC(N)(CC)CS. The van der Waals surface area contributed by atoms with Crippen LogP contribution in [0, 0.1) is 0 Å². The molecule has 0 saturated heterocycles. The number of nitrogens with two attached hydrogens (primary N) is 1. The van der Waals surface area contributed by atoms with E-state index in [1.54, 1.807) is 0 Å². The average molecular weight is 133 g/mol. The highest BCUT2D eigenvalue weighted by atomic mass is 32.1. The summed E-state index contributed by atoms with van der Waals surface area (Å²) in [5.41, 5.74) is 5.81. The molecule has 8 heavy (non-hydrogen) atoms. The van der Waals surface area contributed by atoms with Crippen molar-refractivity contribution < 1.29 is 0 Å². The third-order valence-corrected chi connectivity index (χ3v) is 2.35. The highest BCUT2D eigenvalue weighted by Gasteiger charge is 2.16. The van der Waals surface area contributed by atoms with Gasteiger partial charge in [-0.25, -0.2) is 0 Å². The Labute approximate surface area is 57.1 Å². The Bertz CT molecular complexity index is 51.3. The topological polar surface area (TPSA) is 26.0 Å². The lowest BCUT2D eigenvalue weighted by molar-refractivity contribution is 0.447. The first-order valence-corrected chi connectivity index (χ1v) is 3.71. The van der Waals surface area contributed by atoms with Gasteiger partial charge in [0.1, 0.15) is 0 Å². The highest BCUT2D eigenvalue weighted by Crippen LogP contribution is 2.11. The van der Waals surface area contributed by atoms with Gasteiger partial charge in [-0.15, -0.1) is 0 Å². The predicted octanol–water partition coefficient (Wildman–Crippen LogP) is 1.43. The molecule has 50 valence electrons. The Morgan fingerprint density at radius 1 is 1.38 bits per heavy atom. The van der Waals surface area contributed by atoms with E-state index in [0.717, 1.165) is 18.6 Å². The summed E-state index contributed by atoms with van der Waals surface area (Å²) in [6.07, 6.45) is 2.04. The lowest BCUT2D eigenvalue weighted by atomic mass is 9.97. The van der Waals surface area contributed by atoms with Crippen LogP contribution in [0.2, 0.25) is 0 Å². The summed E-state index contributed by atoms with van der Waals surface area (Å²) < 4.78 is 0. The summed E-state index contributed by atoms with van der Waals surface area (Å²) in [6.45, 7) is 4.19. The minimum Gasteiger partial charge on any atom is -0.324 e. The fourth-order valence-corrected chi connectivity index (χ4v) is 0.921. The maximum Gasteiger partial charge on any atom is 0.0238 e. The molecular weight excluding hydrogens is 118 g/mol. The smallest absolute Gasteiger partial charge is 0.0238 e. The van der Waals surface area contributed by atoms with Crippen LogP contribution in [0.5, 0.6) is 0 Å². The summed E-state index contributed by atoms with van der Waals surface area (Å²) in [4.78, 5) is 0. The van der Waals surface area contributed by atoms with Crippen LogP contribution in [-0.2, 0) is 0 Å². The molecule has 0 aromatic rings. The Hall–Kier alpha value is 0.310. The summed E-state index contributed by atoms with van der Waals surface area (Å²) in [6, 6.07) is 0. The molecule has 0 aromatic carbocycles. The molecular formula is C6H15NS. The van der Waals surface area contributed by atoms with Crippen molar-refractivity contribution in [2.45, 2.75) is 32.2 Å². The quantitative estimate of drug-likeness (QED) is 0.560. The molecule has 1 nitrogen and oxygen atoms in total. The van der Waals surface area contributed by atoms with Gasteiger partial charge < -0.3 is 5.73 Å². The van der Waals surface area contributed by atoms with Crippen molar-refractivity contribution in [2.75, 3.05) is 5.75 Å². The van der Waals surface area contributed by atoms with Gasteiger partial charge in [-0.2, -0.15) is 12.6 Å². The largest absolute Gasteiger partial charge is 0.324 e. The van der Waals surface area contributed by atoms with Crippen LogP contribution in [0.25, 0.3) is 0 Å². The Morgan fingerprint density at radius 2 is 1.75 bits per heavy atom. The summed E-state index contributed by atoms with van der Waals surface area (Å²) in [5, 5.41) is 0. The summed E-state index contributed by atoms with van der Waals surface area (Å²) in [7, 11) is 0. The van der Waals surface area contributed by atoms with E-state index in [4.69, 9.17) is 5.73 Å². The van der Waals surface area contributed by atoms with Crippen LogP contribution in [0.1, 0.15) is 26.7 Å². The van der Waals surface area contributed by atoms with Gasteiger partial charge in [-0.05, 0) is 12.8 Å². The summed E-state index contributed by atoms with van der Waals surface area (Å²) >= 11 is 4.14. The van der Waals surface area contributed by atoms with Crippen LogP contribution in [0.3, 0.4) is 0 Å².